The zero-order valence-corrected chi connectivity index (χ0v) is 25.3. The van der Waals surface area contributed by atoms with Gasteiger partial charge in [0.2, 0.25) is 0 Å². The lowest BCUT2D eigenvalue weighted by Crippen LogP contribution is -2.04. The standard InChI is InChI=1S/C41H27N3S/c42-26-27-14-18-31(19-15-27)44-37-13-7-5-11-33(37)35-25-29(17-21-39(35)44)41-23-22-40(45-41)28-16-20-38-34(24-28)32-10-4-6-12-36(32)43(38)30-8-2-1-3-9-30/h1-16,18-20,22-25H,17,21H2. The van der Waals surface area contributed by atoms with E-state index in [2.05, 4.69) is 143 Å². The van der Waals surface area contributed by atoms with Gasteiger partial charge in [0.05, 0.1) is 28.2 Å². The summed E-state index contributed by atoms with van der Waals surface area (Å²) in [6, 6.07) is 49.7. The van der Waals surface area contributed by atoms with Gasteiger partial charge in [0.15, 0.2) is 0 Å². The molecule has 4 heteroatoms. The molecule has 0 unspecified atom stereocenters. The van der Waals surface area contributed by atoms with Crippen LogP contribution in [0.15, 0.2) is 133 Å². The van der Waals surface area contributed by atoms with Crippen LogP contribution in [0.1, 0.15) is 28.1 Å². The van der Waals surface area contributed by atoms with Gasteiger partial charge in [-0.1, -0.05) is 60.7 Å². The van der Waals surface area contributed by atoms with Crippen LogP contribution in [-0.4, -0.2) is 9.13 Å². The maximum absolute atomic E-state index is 9.30. The molecular weight excluding hydrogens is 567 g/mol. The van der Waals surface area contributed by atoms with E-state index in [1.165, 1.54) is 70.5 Å². The van der Waals surface area contributed by atoms with Crippen LogP contribution in [0.2, 0.25) is 0 Å². The molecule has 5 aromatic carbocycles. The number of thiophene rings is 1. The third kappa shape index (κ3) is 4.09. The van der Waals surface area contributed by atoms with E-state index in [4.69, 9.17) is 0 Å². The predicted octanol–water partition coefficient (Wildman–Crippen LogP) is 10.8. The van der Waals surface area contributed by atoms with Gasteiger partial charge >= 0.3 is 0 Å². The lowest BCUT2D eigenvalue weighted by atomic mass is 9.95. The molecule has 0 bridgehead atoms. The van der Waals surface area contributed by atoms with Gasteiger partial charge in [-0.25, -0.2) is 0 Å². The number of benzene rings is 5. The summed E-state index contributed by atoms with van der Waals surface area (Å²) in [6.45, 7) is 0. The highest BCUT2D eigenvalue weighted by Gasteiger charge is 2.22. The van der Waals surface area contributed by atoms with Crippen LogP contribution in [0.25, 0.3) is 66.2 Å². The average Bonchev–Trinajstić information content (AvgIpc) is 3.81. The first-order chi connectivity index (χ1) is 22.3. The maximum Gasteiger partial charge on any atom is 0.0991 e. The van der Waals surface area contributed by atoms with E-state index < -0.39 is 0 Å². The van der Waals surface area contributed by atoms with Crippen molar-refractivity contribution in [3.63, 3.8) is 0 Å². The highest BCUT2D eigenvalue weighted by atomic mass is 32.1. The van der Waals surface area contributed by atoms with Crippen molar-refractivity contribution < 1.29 is 0 Å². The first-order valence-electron chi connectivity index (χ1n) is 15.3. The molecule has 9 rings (SSSR count). The summed E-state index contributed by atoms with van der Waals surface area (Å²) in [4.78, 5) is 2.62. The van der Waals surface area contributed by atoms with E-state index in [-0.39, 0.29) is 0 Å². The number of hydrogen-bond acceptors (Lipinski definition) is 2. The molecule has 3 aromatic heterocycles. The van der Waals surface area contributed by atoms with Crippen molar-refractivity contribution in [2.45, 2.75) is 12.8 Å². The Morgan fingerprint density at radius 2 is 1.22 bits per heavy atom. The molecule has 8 aromatic rings. The Balaban J connectivity index is 1.12. The number of allylic oxidation sites excluding steroid dienone is 1. The molecule has 3 nitrogen and oxygen atoms in total. The maximum atomic E-state index is 9.30. The van der Waals surface area contributed by atoms with Gasteiger partial charge in [-0.05, 0) is 103 Å². The summed E-state index contributed by atoms with van der Waals surface area (Å²) in [5.74, 6) is 0. The monoisotopic (exact) mass is 593 g/mol. The Kier molecular flexibility index (Phi) is 5.87. The quantitative estimate of drug-likeness (QED) is 0.200. The third-order valence-electron chi connectivity index (χ3n) is 9.11. The second-order valence-electron chi connectivity index (χ2n) is 11.6. The molecule has 0 amide bonds. The first-order valence-corrected chi connectivity index (χ1v) is 16.1. The van der Waals surface area contributed by atoms with Gasteiger partial charge in [-0.3, -0.25) is 0 Å². The van der Waals surface area contributed by atoms with Crippen molar-refractivity contribution in [3.05, 3.63) is 155 Å². The summed E-state index contributed by atoms with van der Waals surface area (Å²) in [5, 5.41) is 13.1. The number of nitrogens with zero attached hydrogens (tertiary/aromatic N) is 3. The molecule has 1 aliphatic rings. The van der Waals surface area contributed by atoms with E-state index in [9.17, 15) is 5.26 Å². The number of para-hydroxylation sites is 3. The Hall–Kier alpha value is -5.63. The van der Waals surface area contributed by atoms with Crippen molar-refractivity contribution >= 4 is 55.7 Å². The topological polar surface area (TPSA) is 33.6 Å². The summed E-state index contributed by atoms with van der Waals surface area (Å²) in [7, 11) is 0. The number of hydrogen-bond donors (Lipinski definition) is 0. The number of nitriles is 1. The Morgan fingerprint density at radius 3 is 2.02 bits per heavy atom. The molecule has 0 aliphatic heterocycles. The average molecular weight is 594 g/mol. The molecule has 0 radical (unpaired) electrons. The predicted molar refractivity (Wildman–Crippen MR) is 188 cm³/mol. The fourth-order valence-corrected chi connectivity index (χ4v) is 8.09. The second kappa shape index (κ2) is 10.2. The molecular formula is C41H27N3S. The molecule has 0 saturated heterocycles. The molecule has 45 heavy (non-hydrogen) atoms. The van der Waals surface area contributed by atoms with Crippen LogP contribution < -0.4 is 0 Å². The van der Waals surface area contributed by atoms with Gasteiger partial charge in [0.25, 0.3) is 0 Å². The normalized spacial score (nSPS) is 12.8. The fourth-order valence-electron chi connectivity index (χ4n) is 7.05. The Morgan fingerprint density at radius 1 is 0.556 bits per heavy atom. The minimum atomic E-state index is 0.681. The van der Waals surface area contributed by atoms with Crippen LogP contribution in [0.5, 0.6) is 0 Å². The molecule has 1 aliphatic carbocycles. The van der Waals surface area contributed by atoms with Crippen LogP contribution >= 0.6 is 11.3 Å². The van der Waals surface area contributed by atoms with Crippen LogP contribution in [0.4, 0.5) is 0 Å². The zero-order valence-electron chi connectivity index (χ0n) is 24.4. The second-order valence-corrected chi connectivity index (χ2v) is 12.7. The molecule has 212 valence electrons. The van der Waals surface area contributed by atoms with Gasteiger partial charge in [0, 0.05) is 48.5 Å². The van der Waals surface area contributed by atoms with Crippen molar-refractivity contribution in [2.75, 3.05) is 0 Å². The minimum absolute atomic E-state index is 0.681. The third-order valence-corrected chi connectivity index (χ3v) is 10.3. The van der Waals surface area contributed by atoms with Gasteiger partial charge in [0.1, 0.15) is 0 Å². The summed E-state index contributed by atoms with van der Waals surface area (Å²) >= 11 is 1.88. The van der Waals surface area contributed by atoms with Crippen molar-refractivity contribution in [1.82, 2.24) is 9.13 Å². The SMILES string of the molecule is N#Cc1ccc(-n2c3c(c4ccccc42)C=C(c2ccc(-c4ccc5c(c4)c4ccccc4n5-c4ccccc4)s2)CC3)cc1. The molecule has 0 saturated carbocycles. The van der Waals surface area contributed by atoms with E-state index in [0.717, 1.165) is 18.5 Å². The summed E-state index contributed by atoms with van der Waals surface area (Å²) < 4.78 is 4.74. The van der Waals surface area contributed by atoms with Crippen LogP contribution in [0.3, 0.4) is 0 Å². The molecule has 3 heterocycles. The summed E-state index contributed by atoms with van der Waals surface area (Å²) in [6.07, 6.45) is 4.37. The first kappa shape index (κ1) is 25.8. The van der Waals surface area contributed by atoms with E-state index in [1.807, 2.05) is 23.5 Å². The highest BCUT2D eigenvalue weighted by Crippen LogP contribution is 2.42. The van der Waals surface area contributed by atoms with Crippen LogP contribution in [0, 0.1) is 11.3 Å². The molecule has 0 fully saturated rings. The Bertz CT molecular complexity index is 2480. The van der Waals surface area contributed by atoms with E-state index >= 15 is 0 Å². The molecule has 0 atom stereocenters. The van der Waals surface area contributed by atoms with Gasteiger partial charge < -0.3 is 9.13 Å². The summed E-state index contributed by atoms with van der Waals surface area (Å²) in [5.41, 5.74) is 11.9. The van der Waals surface area contributed by atoms with Crippen molar-refractivity contribution in [3.8, 4) is 27.9 Å². The number of aromatic nitrogens is 2. The van der Waals surface area contributed by atoms with E-state index in [0.29, 0.717) is 5.56 Å². The minimum Gasteiger partial charge on any atom is -0.313 e. The number of fused-ring (bicyclic) bond motifs is 6. The highest BCUT2D eigenvalue weighted by molar-refractivity contribution is 7.16. The molecule has 0 N–H and O–H groups in total. The lowest BCUT2D eigenvalue weighted by Gasteiger charge is -2.17. The van der Waals surface area contributed by atoms with Crippen LogP contribution in [-0.2, 0) is 6.42 Å². The zero-order chi connectivity index (χ0) is 29.9. The smallest absolute Gasteiger partial charge is 0.0991 e. The lowest BCUT2D eigenvalue weighted by molar-refractivity contribution is 0.899. The van der Waals surface area contributed by atoms with Crippen molar-refractivity contribution in [2.24, 2.45) is 0 Å². The van der Waals surface area contributed by atoms with Gasteiger partial charge in [-0.15, -0.1) is 11.3 Å². The van der Waals surface area contributed by atoms with Crippen molar-refractivity contribution in [1.29, 1.82) is 5.26 Å². The largest absolute Gasteiger partial charge is 0.313 e. The van der Waals surface area contributed by atoms with E-state index in [1.54, 1.807) is 0 Å². The fraction of sp³-hybridized carbons (Fsp3) is 0.0488. The molecule has 0 spiro atoms. The Labute approximate surface area is 265 Å². The number of rotatable bonds is 4. The van der Waals surface area contributed by atoms with Gasteiger partial charge in [-0.2, -0.15) is 5.26 Å².